The fraction of sp³-hybridized carbons (Fsp3) is 0.636. The van der Waals surface area contributed by atoms with Crippen molar-refractivity contribution in [2.45, 2.75) is 26.4 Å². The van der Waals surface area contributed by atoms with Crippen molar-refractivity contribution in [2.24, 2.45) is 11.3 Å². The molecule has 1 N–H and O–H groups in total. The summed E-state index contributed by atoms with van der Waals surface area (Å²) in [6.45, 7) is 4.45. The molecule has 0 saturated heterocycles. The number of ether oxygens (including phenoxy) is 1. The van der Waals surface area contributed by atoms with Crippen LogP contribution in [0, 0.1) is 11.3 Å². The minimum Gasteiger partial charge on any atom is -0.481 e. The van der Waals surface area contributed by atoms with Crippen LogP contribution >= 0.6 is 11.3 Å². The summed E-state index contributed by atoms with van der Waals surface area (Å²) >= 11 is 1.53. The van der Waals surface area contributed by atoms with Gasteiger partial charge in [-0.3, -0.25) is 4.79 Å². The molecule has 0 radical (unpaired) electrons. The summed E-state index contributed by atoms with van der Waals surface area (Å²) in [5.41, 5.74) is 0.721. The standard InChI is InChI=1S/C11H15NO3S/c1-11(2)8(9(11)10(13)14)6-5-16-7(12-6)4-15-3/h5,8-9H,4H2,1-3H3,(H,13,14)/t8-,9+/m1/s1. The van der Waals surface area contributed by atoms with Crippen molar-refractivity contribution in [3.8, 4) is 0 Å². The normalized spacial score (nSPS) is 26.7. The third-order valence-corrected chi connectivity index (χ3v) is 4.09. The molecule has 1 fully saturated rings. The number of methoxy groups -OCH3 is 1. The van der Waals surface area contributed by atoms with Crippen molar-refractivity contribution in [3.63, 3.8) is 0 Å². The summed E-state index contributed by atoms with van der Waals surface area (Å²) in [4.78, 5) is 15.5. The molecule has 1 saturated carbocycles. The van der Waals surface area contributed by atoms with Gasteiger partial charge in [0.1, 0.15) is 5.01 Å². The lowest BCUT2D eigenvalue weighted by molar-refractivity contribution is -0.139. The molecule has 16 heavy (non-hydrogen) atoms. The van der Waals surface area contributed by atoms with Gasteiger partial charge in [0.15, 0.2) is 0 Å². The Hall–Kier alpha value is -0.940. The molecular formula is C11H15NO3S. The van der Waals surface area contributed by atoms with Crippen LogP contribution in [0.15, 0.2) is 5.38 Å². The summed E-state index contributed by atoms with van der Waals surface area (Å²) < 4.78 is 5.00. The van der Waals surface area contributed by atoms with Crippen molar-refractivity contribution in [1.29, 1.82) is 0 Å². The van der Waals surface area contributed by atoms with Gasteiger partial charge in [-0.15, -0.1) is 11.3 Å². The lowest BCUT2D eigenvalue weighted by Crippen LogP contribution is -2.03. The van der Waals surface area contributed by atoms with Crippen LogP contribution in [0.4, 0.5) is 0 Å². The van der Waals surface area contributed by atoms with E-state index in [1.165, 1.54) is 11.3 Å². The van der Waals surface area contributed by atoms with Crippen LogP contribution < -0.4 is 0 Å². The Balaban J connectivity index is 2.17. The van der Waals surface area contributed by atoms with E-state index >= 15 is 0 Å². The van der Waals surface area contributed by atoms with Crippen LogP contribution in [-0.2, 0) is 16.1 Å². The van der Waals surface area contributed by atoms with Crippen LogP contribution in [0.1, 0.15) is 30.5 Å². The lowest BCUT2D eigenvalue weighted by atomic mass is 10.1. The number of aromatic nitrogens is 1. The maximum absolute atomic E-state index is 11.0. The average molecular weight is 241 g/mol. The van der Waals surface area contributed by atoms with E-state index in [9.17, 15) is 4.79 Å². The summed E-state index contributed by atoms with van der Waals surface area (Å²) in [6.07, 6.45) is 0. The Morgan fingerprint density at radius 2 is 2.38 bits per heavy atom. The highest BCUT2D eigenvalue weighted by Crippen LogP contribution is 2.64. The van der Waals surface area contributed by atoms with Gasteiger partial charge in [-0.25, -0.2) is 4.98 Å². The van der Waals surface area contributed by atoms with Crippen molar-refractivity contribution in [1.82, 2.24) is 4.98 Å². The summed E-state index contributed by atoms with van der Waals surface area (Å²) in [5.74, 6) is -0.979. The summed E-state index contributed by atoms with van der Waals surface area (Å²) in [5, 5.41) is 11.9. The Morgan fingerprint density at radius 1 is 1.69 bits per heavy atom. The smallest absolute Gasteiger partial charge is 0.307 e. The van der Waals surface area contributed by atoms with Crippen molar-refractivity contribution in [2.75, 3.05) is 7.11 Å². The van der Waals surface area contributed by atoms with Crippen molar-refractivity contribution >= 4 is 17.3 Å². The Labute approximate surface area is 98.3 Å². The second-order valence-electron chi connectivity index (χ2n) is 4.71. The monoisotopic (exact) mass is 241 g/mol. The molecule has 1 aliphatic rings. The third-order valence-electron chi connectivity index (χ3n) is 3.25. The van der Waals surface area contributed by atoms with E-state index in [1.54, 1.807) is 7.11 Å². The van der Waals surface area contributed by atoms with Crippen LogP contribution in [-0.4, -0.2) is 23.2 Å². The van der Waals surface area contributed by atoms with Gasteiger partial charge in [-0.2, -0.15) is 0 Å². The Morgan fingerprint density at radius 3 is 2.88 bits per heavy atom. The minimum absolute atomic E-state index is 0.0480. The first-order valence-electron chi connectivity index (χ1n) is 5.14. The molecule has 1 aromatic heterocycles. The zero-order valence-corrected chi connectivity index (χ0v) is 10.4. The second-order valence-corrected chi connectivity index (χ2v) is 5.66. The zero-order valence-electron chi connectivity index (χ0n) is 9.56. The molecule has 88 valence electrons. The van der Waals surface area contributed by atoms with Gasteiger partial charge in [-0.1, -0.05) is 13.8 Å². The number of aliphatic carboxylic acids is 1. The van der Waals surface area contributed by atoms with E-state index in [1.807, 2.05) is 19.2 Å². The van der Waals surface area contributed by atoms with E-state index in [0.717, 1.165) is 10.7 Å². The van der Waals surface area contributed by atoms with Gasteiger partial charge in [-0.05, 0) is 5.41 Å². The Kier molecular flexibility index (Phi) is 2.75. The fourth-order valence-corrected chi connectivity index (χ4v) is 3.11. The number of carboxylic acids is 1. The van der Waals surface area contributed by atoms with E-state index in [0.29, 0.717) is 6.61 Å². The molecular weight excluding hydrogens is 226 g/mol. The molecule has 2 atom stereocenters. The molecule has 2 rings (SSSR count). The van der Waals surface area contributed by atoms with Gasteiger partial charge in [0.2, 0.25) is 0 Å². The highest BCUT2D eigenvalue weighted by Gasteiger charge is 2.63. The molecule has 4 nitrogen and oxygen atoms in total. The number of hydrogen-bond donors (Lipinski definition) is 1. The number of carboxylic acid groups (broad SMARTS) is 1. The zero-order chi connectivity index (χ0) is 11.9. The van der Waals surface area contributed by atoms with Gasteiger partial charge in [0.05, 0.1) is 18.2 Å². The summed E-state index contributed by atoms with van der Waals surface area (Å²) in [6, 6.07) is 0. The molecule has 0 bridgehead atoms. The highest BCUT2D eigenvalue weighted by molar-refractivity contribution is 7.09. The molecule has 0 aromatic carbocycles. The van der Waals surface area contributed by atoms with E-state index < -0.39 is 5.97 Å². The predicted octanol–water partition coefficient (Wildman–Crippen LogP) is 2.11. The molecule has 0 spiro atoms. The first-order valence-corrected chi connectivity index (χ1v) is 6.02. The van der Waals surface area contributed by atoms with Crippen LogP contribution in [0.2, 0.25) is 0 Å². The maximum atomic E-state index is 11.0. The average Bonchev–Trinajstić information content (AvgIpc) is 2.57. The third kappa shape index (κ3) is 1.74. The largest absolute Gasteiger partial charge is 0.481 e. The maximum Gasteiger partial charge on any atom is 0.307 e. The Bertz CT molecular complexity index is 413. The molecule has 0 amide bonds. The molecule has 1 aliphatic carbocycles. The van der Waals surface area contributed by atoms with Gasteiger partial charge < -0.3 is 9.84 Å². The fourth-order valence-electron chi connectivity index (χ4n) is 2.31. The minimum atomic E-state index is -0.726. The predicted molar refractivity (Wildman–Crippen MR) is 60.5 cm³/mol. The number of nitrogens with zero attached hydrogens (tertiary/aromatic N) is 1. The molecule has 0 aliphatic heterocycles. The number of hydrogen-bond acceptors (Lipinski definition) is 4. The van der Waals surface area contributed by atoms with Crippen LogP contribution in [0.25, 0.3) is 0 Å². The van der Waals surface area contributed by atoms with Gasteiger partial charge in [0, 0.05) is 18.4 Å². The van der Waals surface area contributed by atoms with E-state index in [4.69, 9.17) is 9.84 Å². The first kappa shape index (κ1) is 11.5. The van der Waals surface area contributed by atoms with Crippen molar-refractivity contribution in [3.05, 3.63) is 16.1 Å². The van der Waals surface area contributed by atoms with E-state index in [2.05, 4.69) is 4.98 Å². The van der Waals surface area contributed by atoms with Crippen LogP contribution in [0.5, 0.6) is 0 Å². The van der Waals surface area contributed by atoms with Gasteiger partial charge in [0.25, 0.3) is 0 Å². The number of carbonyl (C=O) groups is 1. The van der Waals surface area contributed by atoms with Crippen LogP contribution in [0.3, 0.4) is 0 Å². The topological polar surface area (TPSA) is 59.4 Å². The first-order chi connectivity index (χ1) is 7.48. The number of rotatable bonds is 4. The highest BCUT2D eigenvalue weighted by atomic mass is 32.1. The second kappa shape index (κ2) is 3.82. The molecule has 1 heterocycles. The molecule has 0 unspecified atom stereocenters. The summed E-state index contributed by atoms with van der Waals surface area (Å²) in [7, 11) is 1.63. The lowest BCUT2D eigenvalue weighted by Gasteiger charge is -1.98. The molecule has 1 aromatic rings. The van der Waals surface area contributed by atoms with E-state index in [-0.39, 0.29) is 17.3 Å². The van der Waals surface area contributed by atoms with Gasteiger partial charge >= 0.3 is 5.97 Å². The quantitative estimate of drug-likeness (QED) is 0.877. The number of thiazole rings is 1. The van der Waals surface area contributed by atoms with Crippen molar-refractivity contribution < 1.29 is 14.6 Å². The SMILES string of the molecule is COCc1nc([C@@H]2[C@@H](C(=O)O)C2(C)C)cs1. The molecule has 5 heteroatoms.